The second-order valence-electron chi connectivity index (χ2n) is 5.81. The van der Waals surface area contributed by atoms with Crippen LogP contribution in [-0.4, -0.2) is 16.5 Å². The van der Waals surface area contributed by atoms with E-state index in [2.05, 4.69) is 36.5 Å². The fraction of sp³-hybridized carbons (Fsp3) is 0.412. The lowest BCUT2D eigenvalue weighted by Crippen LogP contribution is -2.27. The Kier molecular flexibility index (Phi) is 2.81. The molecule has 0 amide bonds. The molecule has 1 aliphatic heterocycles. The fourth-order valence-corrected chi connectivity index (χ4v) is 3.55. The minimum atomic E-state index is 0.386. The summed E-state index contributed by atoms with van der Waals surface area (Å²) in [5.41, 5.74) is 6.64. The number of nitrogens with one attached hydrogen (secondary N) is 1. The van der Waals surface area contributed by atoms with E-state index in [-0.39, 0.29) is 0 Å². The number of hydrogen-bond donors (Lipinski definition) is 1. The molecule has 0 saturated carbocycles. The van der Waals surface area contributed by atoms with Crippen LogP contribution in [0.1, 0.15) is 46.2 Å². The van der Waals surface area contributed by atoms with Crippen LogP contribution in [0.25, 0.3) is 0 Å². The summed E-state index contributed by atoms with van der Waals surface area (Å²) in [6.45, 7) is 4.07. The van der Waals surface area contributed by atoms with Crippen molar-refractivity contribution in [1.82, 2.24) is 15.3 Å². The average Bonchev–Trinajstić information content (AvgIpc) is 2.91. The Hall–Kier alpha value is -1.74. The van der Waals surface area contributed by atoms with E-state index >= 15 is 0 Å². The molecular weight excluding hydrogens is 246 g/mol. The molecule has 1 aromatic carbocycles. The molecule has 3 heteroatoms. The first-order valence-corrected chi connectivity index (χ1v) is 7.48. The van der Waals surface area contributed by atoms with Gasteiger partial charge in [-0.05, 0) is 49.4 Å². The Morgan fingerprint density at radius 2 is 2.05 bits per heavy atom. The second-order valence-corrected chi connectivity index (χ2v) is 5.81. The minimum absolute atomic E-state index is 0.386. The summed E-state index contributed by atoms with van der Waals surface area (Å²) in [6, 6.07) is 8.74. The van der Waals surface area contributed by atoms with Crippen molar-refractivity contribution >= 4 is 0 Å². The van der Waals surface area contributed by atoms with Crippen LogP contribution >= 0.6 is 0 Å². The molecule has 20 heavy (non-hydrogen) atoms. The molecule has 3 nitrogen and oxygen atoms in total. The highest BCUT2D eigenvalue weighted by Gasteiger charge is 2.27. The molecule has 4 rings (SSSR count). The van der Waals surface area contributed by atoms with Crippen molar-refractivity contribution in [3.05, 3.63) is 58.2 Å². The van der Waals surface area contributed by atoms with E-state index in [1.807, 2.05) is 0 Å². The third-order valence-corrected chi connectivity index (χ3v) is 4.61. The molecule has 1 N–H and O–H groups in total. The van der Waals surface area contributed by atoms with Crippen LogP contribution in [0.3, 0.4) is 0 Å². The maximum Gasteiger partial charge on any atom is 0.136 e. The Balaban J connectivity index is 1.79. The molecule has 0 bridgehead atoms. The summed E-state index contributed by atoms with van der Waals surface area (Å²) in [4.78, 5) is 9.71. The van der Waals surface area contributed by atoms with E-state index in [4.69, 9.17) is 9.97 Å². The number of aryl methyl sites for hydroxylation is 2. The Bertz CT molecular complexity index is 663. The molecule has 0 fully saturated rings. The van der Waals surface area contributed by atoms with Crippen LogP contribution in [0.4, 0.5) is 0 Å². The maximum atomic E-state index is 4.88. The van der Waals surface area contributed by atoms with Gasteiger partial charge in [0.2, 0.25) is 0 Å². The smallest absolute Gasteiger partial charge is 0.136 e. The van der Waals surface area contributed by atoms with Crippen molar-refractivity contribution < 1.29 is 0 Å². The highest BCUT2D eigenvalue weighted by molar-refractivity contribution is 5.40. The van der Waals surface area contributed by atoms with E-state index in [0.29, 0.717) is 5.92 Å². The van der Waals surface area contributed by atoms with Gasteiger partial charge >= 0.3 is 0 Å². The van der Waals surface area contributed by atoms with Gasteiger partial charge in [-0.1, -0.05) is 24.3 Å². The van der Waals surface area contributed by atoms with Gasteiger partial charge in [-0.2, -0.15) is 0 Å². The van der Waals surface area contributed by atoms with Crippen LogP contribution in [0.15, 0.2) is 24.3 Å². The van der Waals surface area contributed by atoms with Crippen molar-refractivity contribution in [2.45, 2.75) is 38.6 Å². The van der Waals surface area contributed by atoms with Crippen LogP contribution in [0.2, 0.25) is 0 Å². The number of benzene rings is 1. The first-order chi connectivity index (χ1) is 9.83. The lowest BCUT2D eigenvalue weighted by molar-refractivity contribution is 0.603. The molecule has 0 saturated heterocycles. The number of aromatic nitrogens is 2. The van der Waals surface area contributed by atoms with E-state index in [0.717, 1.165) is 38.2 Å². The van der Waals surface area contributed by atoms with Gasteiger partial charge in [-0.15, -0.1) is 0 Å². The quantitative estimate of drug-likeness (QED) is 0.861. The standard InChI is InChI=1S/C17H19N3/c1-11-13-8-9-18-10-16(13)20-17(19-11)15-7-6-12-4-2-3-5-14(12)15/h2-5,15,18H,6-10H2,1H3. The molecule has 102 valence electrons. The summed E-state index contributed by atoms with van der Waals surface area (Å²) in [6.07, 6.45) is 3.35. The van der Waals surface area contributed by atoms with E-state index in [1.165, 1.54) is 28.1 Å². The molecule has 1 atom stereocenters. The summed E-state index contributed by atoms with van der Waals surface area (Å²) in [7, 11) is 0. The zero-order valence-electron chi connectivity index (χ0n) is 11.8. The Morgan fingerprint density at radius 1 is 1.15 bits per heavy atom. The fourth-order valence-electron chi connectivity index (χ4n) is 3.55. The lowest BCUT2D eigenvalue weighted by Gasteiger charge is -2.20. The van der Waals surface area contributed by atoms with Crippen LogP contribution in [-0.2, 0) is 19.4 Å². The van der Waals surface area contributed by atoms with Gasteiger partial charge < -0.3 is 5.32 Å². The van der Waals surface area contributed by atoms with Crippen LogP contribution in [0.5, 0.6) is 0 Å². The average molecular weight is 265 g/mol. The second kappa shape index (κ2) is 4.67. The van der Waals surface area contributed by atoms with Crippen LogP contribution in [0, 0.1) is 6.92 Å². The Morgan fingerprint density at radius 3 is 3.00 bits per heavy atom. The maximum absolute atomic E-state index is 4.88. The third-order valence-electron chi connectivity index (χ3n) is 4.61. The molecule has 1 unspecified atom stereocenters. The van der Waals surface area contributed by atoms with Gasteiger partial charge in [0, 0.05) is 18.2 Å². The first kappa shape index (κ1) is 12.0. The van der Waals surface area contributed by atoms with Crippen molar-refractivity contribution in [3.63, 3.8) is 0 Å². The van der Waals surface area contributed by atoms with Crippen molar-refractivity contribution in [2.24, 2.45) is 0 Å². The van der Waals surface area contributed by atoms with Crippen molar-refractivity contribution in [1.29, 1.82) is 0 Å². The van der Waals surface area contributed by atoms with Crippen LogP contribution < -0.4 is 5.32 Å². The largest absolute Gasteiger partial charge is 0.311 e. The zero-order chi connectivity index (χ0) is 13.5. The van der Waals surface area contributed by atoms with Gasteiger partial charge in [-0.25, -0.2) is 9.97 Å². The van der Waals surface area contributed by atoms with E-state index in [1.54, 1.807) is 0 Å². The predicted molar refractivity (Wildman–Crippen MR) is 78.8 cm³/mol. The topological polar surface area (TPSA) is 37.8 Å². The lowest BCUT2D eigenvalue weighted by atomic mass is 9.98. The van der Waals surface area contributed by atoms with E-state index in [9.17, 15) is 0 Å². The number of fused-ring (bicyclic) bond motifs is 2. The first-order valence-electron chi connectivity index (χ1n) is 7.48. The third kappa shape index (κ3) is 1.85. The Labute approximate surface area is 119 Å². The summed E-state index contributed by atoms with van der Waals surface area (Å²) >= 11 is 0. The van der Waals surface area contributed by atoms with Gasteiger partial charge in [0.05, 0.1) is 5.69 Å². The van der Waals surface area contributed by atoms with Gasteiger partial charge in [0.25, 0.3) is 0 Å². The minimum Gasteiger partial charge on any atom is -0.311 e. The molecule has 1 aliphatic carbocycles. The highest BCUT2D eigenvalue weighted by atomic mass is 15.0. The molecule has 0 radical (unpaired) electrons. The molecule has 2 aliphatic rings. The molecule has 0 spiro atoms. The molecule has 2 aromatic rings. The number of rotatable bonds is 1. The number of nitrogens with zero attached hydrogens (tertiary/aromatic N) is 2. The summed E-state index contributed by atoms with van der Waals surface area (Å²) in [5, 5.41) is 3.41. The van der Waals surface area contributed by atoms with Crippen molar-refractivity contribution in [2.75, 3.05) is 6.54 Å². The summed E-state index contributed by atoms with van der Waals surface area (Å²) < 4.78 is 0. The monoisotopic (exact) mass is 265 g/mol. The van der Waals surface area contributed by atoms with Gasteiger partial charge in [0.15, 0.2) is 0 Å². The molecular formula is C17H19N3. The SMILES string of the molecule is Cc1nc(C2CCc3ccccc32)nc2c1CCNC2. The number of hydrogen-bond acceptors (Lipinski definition) is 3. The predicted octanol–water partition coefficient (Wildman–Crippen LogP) is 2.51. The van der Waals surface area contributed by atoms with E-state index < -0.39 is 0 Å². The normalized spacial score (nSPS) is 20.6. The summed E-state index contributed by atoms with van der Waals surface area (Å²) in [5.74, 6) is 1.41. The molecule has 2 heterocycles. The zero-order valence-corrected chi connectivity index (χ0v) is 11.8. The highest BCUT2D eigenvalue weighted by Crippen LogP contribution is 2.36. The van der Waals surface area contributed by atoms with Gasteiger partial charge in [0.1, 0.15) is 5.82 Å². The van der Waals surface area contributed by atoms with Gasteiger partial charge in [-0.3, -0.25) is 0 Å². The molecule has 1 aromatic heterocycles. The van der Waals surface area contributed by atoms with Crippen molar-refractivity contribution in [3.8, 4) is 0 Å².